The van der Waals surface area contributed by atoms with Crippen LogP contribution in [-0.4, -0.2) is 19.7 Å². The van der Waals surface area contributed by atoms with E-state index in [-0.39, 0.29) is 5.69 Å². The van der Waals surface area contributed by atoms with Gasteiger partial charge in [0.1, 0.15) is 5.52 Å². The Morgan fingerprint density at radius 3 is 2.86 bits per heavy atom. The molecule has 0 radical (unpaired) electrons. The summed E-state index contributed by atoms with van der Waals surface area (Å²) in [5.41, 5.74) is 2.42. The number of fused-ring (bicyclic) bond motifs is 1. The number of anilines is 1. The van der Waals surface area contributed by atoms with Gasteiger partial charge in [-0.15, -0.1) is 0 Å². The highest BCUT2D eigenvalue weighted by atomic mass is 16.6. The number of hydrogen-bond donors (Lipinski definition) is 1. The molecule has 7 nitrogen and oxygen atoms in total. The van der Waals surface area contributed by atoms with Crippen LogP contribution in [0.2, 0.25) is 0 Å². The lowest BCUT2D eigenvalue weighted by molar-refractivity contribution is -0.383. The van der Waals surface area contributed by atoms with E-state index in [1.165, 1.54) is 6.07 Å². The molecule has 21 heavy (non-hydrogen) atoms. The number of nitro benzene ring substituents is 1. The third-order valence-electron chi connectivity index (χ3n) is 3.33. The molecule has 0 atom stereocenters. The maximum atomic E-state index is 11.1. The average Bonchev–Trinajstić information content (AvgIpc) is 2.89. The van der Waals surface area contributed by atoms with Gasteiger partial charge in [0.25, 0.3) is 5.69 Å². The molecule has 0 bridgehead atoms. The van der Waals surface area contributed by atoms with E-state index in [1.54, 1.807) is 35.3 Å². The van der Waals surface area contributed by atoms with Crippen molar-refractivity contribution in [2.75, 3.05) is 5.32 Å². The lowest BCUT2D eigenvalue weighted by atomic mass is 10.1. The quantitative estimate of drug-likeness (QED) is 0.587. The van der Waals surface area contributed by atoms with Crippen molar-refractivity contribution in [3.8, 4) is 0 Å². The van der Waals surface area contributed by atoms with Crippen molar-refractivity contribution in [2.24, 2.45) is 7.05 Å². The molecule has 0 aliphatic carbocycles. The van der Waals surface area contributed by atoms with Crippen LogP contribution in [0.3, 0.4) is 0 Å². The topological polar surface area (TPSA) is 85.9 Å². The molecule has 0 aliphatic rings. The van der Waals surface area contributed by atoms with Crippen molar-refractivity contribution in [3.05, 3.63) is 58.5 Å². The number of hydrogen-bond acceptors (Lipinski definition) is 5. The van der Waals surface area contributed by atoms with Gasteiger partial charge in [-0.25, -0.2) is 0 Å². The van der Waals surface area contributed by atoms with E-state index in [4.69, 9.17) is 0 Å². The smallest absolute Gasteiger partial charge is 0.278 e. The molecule has 0 aliphatic heterocycles. The van der Waals surface area contributed by atoms with Gasteiger partial charge in [-0.1, -0.05) is 0 Å². The van der Waals surface area contributed by atoms with Crippen molar-refractivity contribution in [1.29, 1.82) is 0 Å². The molecular weight excluding hydrogens is 270 g/mol. The summed E-state index contributed by atoms with van der Waals surface area (Å²) in [5.74, 6) is 0. The summed E-state index contributed by atoms with van der Waals surface area (Å²) in [4.78, 5) is 14.9. The van der Waals surface area contributed by atoms with Crippen LogP contribution in [0.1, 0.15) is 5.69 Å². The van der Waals surface area contributed by atoms with Gasteiger partial charge in [-0.2, -0.15) is 5.10 Å². The van der Waals surface area contributed by atoms with Crippen LogP contribution < -0.4 is 5.32 Å². The maximum Gasteiger partial charge on any atom is 0.278 e. The van der Waals surface area contributed by atoms with Crippen LogP contribution in [0.4, 0.5) is 11.4 Å². The summed E-state index contributed by atoms with van der Waals surface area (Å²) >= 11 is 0. The molecule has 0 unspecified atom stereocenters. The number of non-ortho nitro benzene ring substituents is 1. The van der Waals surface area contributed by atoms with E-state index in [9.17, 15) is 10.1 Å². The molecular formula is C14H13N5O2. The average molecular weight is 283 g/mol. The molecule has 0 saturated heterocycles. The zero-order valence-corrected chi connectivity index (χ0v) is 11.4. The van der Waals surface area contributed by atoms with Gasteiger partial charge in [0.2, 0.25) is 0 Å². The Morgan fingerprint density at radius 2 is 2.14 bits per heavy atom. The summed E-state index contributed by atoms with van der Waals surface area (Å²) in [6, 6.07) is 8.49. The number of nitro groups is 1. The fourth-order valence-electron chi connectivity index (χ4n) is 2.22. The Labute approximate surface area is 120 Å². The van der Waals surface area contributed by atoms with E-state index in [0.717, 1.165) is 11.4 Å². The van der Waals surface area contributed by atoms with Crippen molar-refractivity contribution in [3.63, 3.8) is 0 Å². The van der Waals surface area contributed by atoms with Gasteiger partial charge >= 0.3 is 0 Å². The summed E-state index contributed by atoms with van der Waals surface area (Å²) in [7, 11) is 1.86. The first-order valence-corrected chi connectivity index (χ1v) is 6.39. The molecule has 2 aromatic heterocycles. The Balaban J connectivity index is 1.98. The molecule has 0 saturated carbocycles. The molecule has 1 aromatic carbocycles. The fraction of sp³-hybridized carbons (Fsp3) is 0.143. The number of aryl methyl sites for hydroxylation is 1. The minimum absolute atomic E-state index is 0.0594. The second kappa shape index (κ2) is 5.20. The van der Waals surface area contributed by atoms with Crippen LogP contribution in [0.15, 0.2) is 42.7 Å². The van der Waals surface area contributed by atoms with E-state index < -0.39 is 4.92 Å². The fourth-order valence-corrected chi connectivity index (χ4v) is 2.22. The minimum atomic E-state index is -0.394. The summed E-state index contributed by atoms with van der Waals surface area (Å²) in [5, 5.41) is 18.9. The Bertz CT molecular complexity index is 812. The first-order chi connectivity index (χ1) is 10.2. The molecule has 1 N–H and O–H groups in total. The van der Waals surface area contributed by atoms with Gasteiger partial charge in [0.15, 0.2) is 0 Å². The van der Waals surface area contributed by atoms with Gasteiger partial charge < -0.3 is 5.32 Å². The molecule has 3 rings (SSSR count). The van der Waals surface area contributed by atoms with Crippen LogP contribution in [0.25, 0.3) is 10.9 Å². The monoisotopic (exact) mass is 283 g/mol. The highest BCUT2D eigenvalue weighted by Crippen LogP contribution is 2.29. The van der Waals surface area contributed by atoms with Crippen LogP contribution >= 0.6 is 0 Å². The van der Waals surface area contributed by atoms with Crippen molar-refractivity contribution >= 4 is 22.3 Å². The largest absolute Gasteiger partial charge is 0.378 e. The molecule has 0 fully saturated rings. The SMILES string of the molecule is Cn1nccc1CNc1ccc([N+](=O)[O-])c2cccnc12. The van der Waals surface area contributed by atoms with Gasteiger partial charge in [0.05, 0.1) is 28.2 Å². The maximum absolute atomic E-state index is 11.1. The lowest BCUT2D eigenvalue weighted by Crippen LogP contribution is -2.06. The lowest BCUT2D eigenvalue weighted by Gasteiger charge is -2.09. The second-order valence-electron chi connectivity index (χ2n) is 4.59. The number of nitrogens with one attached hydrogen (secondary N) is 1. The first kappa shape index (κ1) is 13.0. The summed E-state index contributed by atoms with van der Waals surface area (Å²) in [6.45, 7) is 0.569. The van der Waals surface area contributed by atoms with Gasteiger partial charge in [0, 0.05) is 25.5 Å². The zero-order chi connectivity index (χ0) is 14.8. The highest BCUT2D eigenvalue weighted by Gasteiger charge is 2.14. The normalized spacial score (nSPS) is 10.7. The predicted molar refractivity (Wildman–Crippen MR) is 78.9 cm³/mol. The number of pyridine rings is 1. The van der Waals surface area contributed by atoms with Crippen LogP contribution in [-0.2, 0) is 13.6 Å². The Kier molecular flexibility index (Phi) is 3.23. The van der Waals surface area contributed by atoms with Crippen LogP contribution in [0.5, 0.6) is 0 Å². The molecule has 7 heteroatoms. The van der Waals surface area contributed by atoms with Crippen LogP contribution in [0, 0.1) is 10.1 Å². The number of rotatable bonds is 4. The van der Waals surface area contributed by atoms with Crippen molar-refractivity contribution in [1.82, 2.24) is 14.8 Å². The zero-order valence-electron chi connectivity index (χ0n) is 11.4. The van der Waals surface area contributed by atoms with Gasteiger partial charge in [-0.05, 0) is 24.3 Å². The molecule has 0 amide bonds. The van der Waals surface area contributed by atoms with E-state index >= 15 is 0 Å². The number of nitrogens with zero attached hydrogens (tertiary/aromatic N) is 4. The Morgan fingerprint density at radius 1 is 1.29 bits per heavy atom. The summed E-state index contributed by atoms with van der Waals surface area (Å²) in [6.07, 6.45) is 3.35. The first-order valence-electron chi connectivity index (χ1n) is 6.39. The standard InChI is InChI=1S/C14H13N5O2/c1-18-10(6-8-17-18)9-16-12-4-5-13(19(20)21)11-3-2-7-15-14(11)12/h2-8,16H,9H2,1H3. The molecule has 2 heterocycles. The second-order valence-corrected chi connectivity index (χ2v) is 4.59. The molecule has 3 aromatic rings. The molecule has 106 valence electrons. The third kappa shape index (κ3) is 2.40. The number of aromatic nitrogens is 3. The van der Waals surface area contributed by atoms with Crippen molar-refractivity contribution in [2.45, 2.75) is 6.54 Å². The summed E-state index contributed by atoms with van der Waals surface area (Å²) < 4.78 is 1.77. The Hall–Kier alpha value is -2.96. The van der Waals surface area contributed by atoms with E-state index in [0.29, 0.717) is 17.4 Å². The number of benzene rings is 1. The van der Waals surface area contributed by atoms with Gasteiger partial charge in [-0.3, -0.25) is 19.8 Å². The third-order valence-corrected chi connectivity index (χ3v) is 3.33. The molecule has 0 spiro atoms. The minimum Gasteiger partial charge on any atom is -0.378 e. The van der Waals surface area contributed by atoms with E-state index in [2.05, 4.69) is 15.4 Å². The predicted octanol–water partition coefficient (Wildman–Crippen LogP) is 2.49. The van der Waals surface area contributed by atoms with E-state index in [1.807, 2.05) is 13.1 Å². The highest BCUT2D eigenvalue weighted by molar-refractivity contribution is 5.96. The van der Waals surface area contributed by atoms with Crippen molar-refractivity contribution < 1.29 is 4.92 Å².